The lowest BCUT2D eigenvalue weighted by molar-refractivity contribution is 0.0956. The Bertz CT molecular complexity index is 438. The van der Waals surface area contributed by atoms with Gasteiger partial charge in [-0.15, -0.1) is 0 Å². The minimum absolute atomic E-state index is 0.0373. The average Bonchev–Trinajstić information content (AvgIpc) is 2.48. The predicted octanol–water partition coefficient (Wildman–Crippen LogP) is 3.43. The average molecular weight is 291 g/mol. The number of rotatable bonds is 9. The van der Waals surface area contributed by atoms with Crippen LogP contribution in [0.25, 0.3) is 0 Å². The van der Waals surface area contributed by atoms with E-state index >= 15 is 0 Å². The van der Waals surface area contributed by atoms with Gasteiger partial charge in [-0.25, -0.2) is 0 Å². The number of carbonyl (C=O) groups excluding carboxylic acids is 1. The van der Waals surface area contributed by atoms with Crippen LogP contribution >= 0.6 is 0 Å². The van der Waals surface area contributed by atoms with E-state index in [4.69, 9.17) is 5.73 Å². The van der Waals surface area contributed by atoms with Gasteiger partial charge in [-0.1, -0.05) is 26.7 Å². The minimum Gasteiger partial charge on any atom is -0.397 e. The summed E-state index contributed by atoms with van der Waals surface area (Å²) in [6.45, 7) is 8.90. The maximum absolute atomic E-state index is 12.0. The van der Waals surface area contributed by atoms with Crippen LogP contribution in [0.15, 0.2) is 18.2 Å². The molecule has 0 spiro atoms. The molecule has 0 aliphatic heterocycles. The number of nitrogens with one attached hydrogen (secondary N) is 1. The Hall–Kier alpha value is -1.71. The molecule has 0 saturated heterocycles. The van der Waals surface area contributed by atoms with Crippen molar-refractivity contribution in [2.75, 3.05) is 30.3 Å². The highest BCUT2D eigenvalue weighted by Crippen LogP contribution is 2.25. The first-order chi connectivity index (χ1) is 10.1. The maximum atomic E-state index is 12.0. The van der Waals surface area contributed by atoms with Crippen LogP contribution in [0.4, 0.5) is 11.4 Å². The molecule has 0 bridgehead atoms. The fraction of sp³-hybridized carbons (Fsp3) is 0.588. The van der Waals surface area contributed by atoms with Crippen LogP contribution in [0.5, 0.6) is 0 Å². The van der Waals surface area contributed by atoms with Gasteiger partial charge in [-0.05, 0) is 38.0 Å². The molecule has 4 heteroatoms. The monoisotopic (exact) mass is 291 g/mol. The summed E-state index contributed by atoms with van der Waals surface area (Å²) < 4.78 is 0. The third-order valence-electron chi connectivity index (χ3n) is 3.53. The first kappa shape index (κ1) is 17.3. The van der Waals surface area contributed by atoms with E-state index in [-0.39, 0.29) is 5.91 Å². The number of amides is 1. The van der Waals surface area contributed by atoms with E-state index in [0.717, 1.165) is 50.1 Å². The molecule has 0 fully saturated rings. The standard InChI is InChI=1S/C17H29N3O/c1-4-7-11-20(12-8-5-2)16-13-14(9-10-15(16)18)17(21)19-6-3/h9-10,13H,4-8,11-12,18H2,1-3H3,(H,19,21). The first-order valence-electron chi connectivity index (χ1n) is 8.06. The highest BCUT2D eigenvalue weighted by atomic mass is 16.1. The van der Waals surface area contributed by atoms with Crippen LogP contribution in [0.1, 0.15) is 56.8 Å². The first-order valence-corrected chi connectivity index (χ1v) is 8.06. The molecular formula is C17H29N3O. The summed E-state index contributed by atoms with van der Waals surface area (Å²) in [6.07, 6.45) is 4.57. The quantitative estimate of drug-likeness (QED) is 0.685. The lowest BCUT2D eigenvalue weighted by Gasteiger charge is -2.26. The molecule has 0 unspecified atom stereocenters. The third kappa shape index (κ3) is 5.29. The van der Waals surface area contributed by atoms with Crippen molar-refractivity contribution in [3.05, 3.63) is 23.8 Å². The van der Waals surface area contributed by atoms with Crippen molar-refractivity contribution < 1.29 is 4.79 Å². The van der Waals surface area contributed by atoms with Crippen molar-refractivity contribution in [3.63, 3.8) is 0 Å². The molecule has 4 nitrogen and oxygen atoms in total. The van der Waals surface area contributed by atoms with Crippen molar-refractivity contribution in [2.24, 2.45) is 0 Å². The second kappa shape index (κ2) is 9.27. The topological polar surface area (TPSA) is 58.4 Å². The molecule has 0 radical (unpaired) electrons. The molecule has 1 aromatic rings. The largest absolute Gasteiger partial charge is 0.397 e. The Morgan fingerprint density at radius 1 is 1.14 bits per heavy atom. The molecule has 0 aliphatic rings. The van der Waals surface area contributed by atoms with Gasteiger partial charge >= 0.3 is 0 Å². The second-order valence-electron chi connectivity index (χ2n) is 5.33. The lowest BCUT2D eigenvalue weighted by atomic mass is 10.1. The zero-order valence-corrected chi connectivity index (χ0v) is 13.6. The lowest BCUT2D eigenvalue weighted by Crippen LogP contribution is -2.28. The Morgan fingerprint density at radius 2 is 1.76 bits per heavy atom. The number of nitrogen functional groups attached to an aromatic ring is 1. The van der Waals surface area contributed by atoms with Gasteiger partial charge in [0.05, 0.1) is 11.4 Å². The Labute approximate surface area is 128 Å². The minimum atomic E-state index is -0.0373. The molecule has 3 N–H and O–H groups in total. The van der Waals surface area contributed by atoms with Crippen LogP contribution in [0.2, 0.25) is 0 Å². The van der Waals surface area contributed by atoms with Gasteiger partial charge in [0.1, 0.15) is 0 Å². The molecule has 0 saturated carbocycles. The third-order valence-corrected chi connectivity index (χ3v) is 3.53. The Morgan fingerprint density at radius 3 is 2.29 bits per heavy atom. The fourth-order valence-electron chi connectivity index (χ4n) is 2.27. The summed E-state index contributed by atoms with van der Waals surface area (Å²) in [5, 5.41) is 2.84. The van der Waals surface area contributed by atoms with Crippen molar-refractivity contribution in [1.82, 2.24) is 5.32 Å². The molecule has 118 valence electrons. The summed E-state index contributed by atoms with van der Waals surface area (Å²) in [5.74, 6) is -0.0373. The summed E-state index contributed by atoms with van der Waals surface area (Å²) in [4.78, 5) is 14.3. The second-order valence-corrected chi connectivity index (χ2v) is 5.33. The number of hydrogen-bond donors (Lipinski definition) is 2. The number of benzene rings is 1. The predicted molar refractivity (Wildman–Crippen MR) is 90.9 cm³/mol. The number of carbonyl (C=O) groups is 1. The summed E-state index contributed by atoms with van der Waals surface area (Å²) in [6, 6.07) is 5.55. The summed E-state index contributed by atoms with van der Waals surface area (Å²) in [7, 11) is 0. The van der Waals surface area contributed by atoms with Crippen molar-refractivity contribution in [3.8, 4) is 0 Å². The zero-order chi connectivity index (χ0) is 15.7. The van der Waals surface area contributed by atoms with Gasteiger partial charge in [-0.3, -0.25) is 4.79 Å². The zero-order valence-electron chi connectivity index (χ0n) is 13.6. The molecule has 1 aromatic carbocycles. The molecule has 1 rings (SSSR count). The van der Waals surface area contributed by atoms with Gasteiger partial charge in [-0.2, -0.15) is 0 Å². The van der Waals surface area contributed by atoms with Crippen molar-refractivity contribution in [2.45, 2.75) is 46.5 Å². The van der Waals surface area contributed by atoms with Crippen LogP contribution in [0.3, 0.4) is 0 Å². The molecule has 0 aliphatic carbocycles. The van der Waals surface area contributed by atoms with Crippen LogP contribution in [0, 0.1) is 0 Å². The highest BCUT2D eigenvalue weighted by Gasteiger charge is 2.13. The highest BCUT2D eigenvalue weighted by molar-refractivity contribution is 5.96. The van der Waals surface area contributed by atoms with E-state index in [1.165, 1.54) is 0 Å². The van der Waals surface area contributed by atoms with E-state index in [1.54, 1.807) is 6.07 Å². The number of nitrogens with two attached hydrogens (primary N) is 1. The van der Waals surface area contributed by atoms with E-state index in [9.17, 15) is 4.79 Å². The summed E-state index contributed by atoms with van der Waals surface area (Å²) >= 11 is 0. The number of nitrogens with zero attached hydrogens (tertiary/aromatic N) is 1. The number of unbranched alkanes of at least 4 members (excludes halogenated alkanes) is 2. The maximum Gasteiger partial charge on any atom is 0.251 e. The van der Waals surface area contributed by atoms with E-state index < -0.39 is 0 Å². The number of anilines is 2. The molecule has 1 amide bonds. The normalized spacial score (nSPS) is 10.4. The van der Waals surface area contributed by atoms with Gasteiger partial charge in [0, 0.05) is 25.2 Å². The van der Waals surface area contributed by atoms with E-state index in [1.807, 2.05) is 19.1 Å². The van der Waals surface area contributed by atoms with Gasteiger partial charge in [0.15, 0.2) is 0 Å². The molecular weight excluding hydrogens is 262 g/mol. The molecule has 0 atom stereocenters. The van der Waals surface area contributed by atoms with Crippen LogP contribution in [-0.4, -0.2) is 25.5 Å². The molecule has 0 heterocycles. The van der Waals surface area contributed by atoms with Crippen molar-refractivity contribution in [1.29, 1.82) is 0 Å². The van der Waals surface area contributed by atoms with Gasteiger partial charge in [0.2, 0.25) is 0 Å². The Kier molecular flexibility index (Phi) is 7.65. The van der Waals surface area contributed by atoms with Gasteiger partial charge in [0.25, 0.3) is 5.91 Å². The van der Waals surface area contributed by atoms with E-state index in [2.05, 4.69) is 24.1 Å². The fourth-order valence-corrected chi connectivity index (χ4v) is 2.27. The Balaban J connectivity index is 2.98. The SMILES string of the molecule is CCCCN(CCCC)c1cc(C(=O)NCC)ccc1N. The molecule has 21 heavy (non-hydrogen) atoms. The van der Waals surface area contributed by atoms with Gasteiger partial charge < -0.3 is 16.0 Å². The number of hydrogen-bond acceptors (Lipinski definition) is 3. The van der Waals surface area contributed by atoms with E-state index in [0.29, 0.717) is 12.1 Å². The van der Waals surface area contributed by atoms with Crippen LogP contribution < -0.4 is 16.0 Å². The molecule has 0 aromatic heterocycles. The smallest absolute Gasteiger partial charge is 0.251 e. The van der Waals surface area contributed by atoms with Crippen molar-refractivity contribution >= 4 is 17.3 Å². The van der Waals surface area contributed by atoms with Crippen LogP contribution in [-0.2, 0) is 0 Å². The summed E-state index contributed by atoms with van der Waals surface area (Å²) in [5.41, 5.74) is 8.55.